The van der Waals surface area contributed by atoms with Crippen molar-refractivity contribution in [2.75, 3.05) is 7.11 Å². The van der Waals surface area contributed by atoms with Crippen molar-refractivity contribution in [2.24, 2.45) is 5.10 Å². The van der Waals surface area contributed by atoms with Crippen molar-refractivity contribution in [1.29, 1.82) is 0 Å². The Hall–Kier alpha value is -4.81. The predicted molar refractivity (Wildman–Crippen MR) is 159 cm³/mol. The number of nitrogens with zero attached hydrogens (tertiary/aromatic N) is 1. The van der Waals surface area contributed by atoms with Crippen molar-refractivity contribution in [3.05, 3.63) is 136 Å². The summed E-state index contributed by atoms with van der Waals surface area (Å²) in [6, 6.07) is 34.2. The van der Waals surface area contributed by atoms with Crippen molar-refractivity contribution in [2.45, 2.75) is 13.2 Å². The highest BCUT2D eigenvalue weighted by Gasteiger charge is 2.13. The monoisotopic (exact) mass is 550 g/mol. The summed E-state index contributed by atoms with van der Waals surface area (Å²) in [5.74, 6) is 1.22. The van der Waals surface area contributed by atoms with E-state index < -0.39 is 5.91 Å². The molecule has 0 aliphatic heterocycles. The highest BCUT2D eigenvalue weighted by Crippen LogP contribution is 2.29. The van der Waals surface area contributed by atoms with Gasteiger partial charge in [-0.3, -0.25) is 4.79 Å². The van der Waals surface area contributed by atoms with Crippen molar-refractivity contribution < 1.29 is 19.0 Å². The van der Waals surface area contributed by atoms with Crippen LogP contribution in [0.4, 0.5) is 0 Å². The molecule has 0 fully saturated rings. The zero-order chi connectivity index (χ0) is 27.7. The smallest absolute Gasteiger partial charge is 0.275 e. The van der Waals surface area contributed by atoms with E-state index in [1.54, 1.807) is 49.7 Å². The number of ether oxygens (including phenoxy) is 3. The fourth-order valence-electron chi connectivity index (χ4n) is 4.23. The highest BCUT2D eigenvalue weighted by atomic mass is 35.5. The first-order valence-corrected chi connectivity index (χ1v) is 13.1. The van der Waals surface area contributed by atoms with Gasteiger partial charge in [-0.2, -0.15) is 5.10 Å². The van der Waals surface area contributed by atoms with Crippen LogP contribution in [0.3, 0.4) is 0 Å². The molecule has 0 unspecified atom stereocenters. The van der Waals surface area contributed by atoms with Gasteiger partial charge in [0, 0.05) is 10.6 Å². The van der Waals surface area contributed by atoms with E-state index in [2.05, 4.69) is 34.8 Å². The van der Waals surface area contributed by atoms with Crippen LogP contribution in [-0.4, -0.2) is 19.2 Å². The van der Waals surface area contributed by atoms with Crippen LogP contribution in [0.25, 0.3) is 10.8 Å². The summed E-state index contributed by atoms with van der Waals surface area (Å²) in [5, 5.41) is 7.05. The third-order valence-electron chi connectivity index (χ3n) is 6.30. The molecule has 1 N–H and O–H groups in total. The molecule has 0 heterocycles. The van der Waals surface area contributed by atoms with Crippen LogP contribution in [0.15, 0.2) is 114 Å². The van der Waals surface area contributed by atoms with E-state index in [-0.39, 0.29) is 6.61 Å². The fraction of sp³-hybridized carbons (Fsp3) is 0.0909. The lowest BCUT2D eigenvalue weighted by atomic mass is 10.1. The Balaban J connectivity index is 1.22. The van der Waals surface area contributed by atoms with Gasteiger partial charge < -0.3 is 14.2 Å². The number of amides is 1. The van der Waals surface area contributed by atoms with E-state index in [1.165, 1.54) is 5.39 Å². The Morgan fingerprint density at radius 3 is 2.35 bits per heavy atom. The van der Waals surface area contributed by atoms with Gasteiger partial charge in [-0.1, -0.05) is 84.4 Å². The van der Waals surface area contributed by atoms with E-state index in [0.29, 0.717) is 34.4 Å². The van der Waals surface area contributed by atoms with E-state index in [1.807, 2.05) is 48.5 Å². The summed E-state index contributed by atoms with van der Waals surface area (Å²) < 4.78 is 17.5. The molecule has 0 spiro atoms. The largest absolute Gasteiger partial charge is 0.493 e. The Bertz CT molecular complexity index is 1660. The summed E-state index contributed by atoms with van der Waals surface area (Å²) in [6.45, 7) is 0.640. The number of carbonyl (C=O) groups excluding carboxylic acids is 1. The quantitative estimate of drug-likeness (QED) is 0.145. The van der Waals surface area contributed by atoms with Crippen molar-refractivity contribution >= 4 is 34.5 Å². The molecule has 1 amide bonds. The van der Waals surface area contributed by atoms with Crippen LogP contribution in [0.1, 0.15) is 27.0 Å². The van der Waals surface area contributed by atoms with Crippen molar-refractivity contribution in [3.8, 4) is 17.2 Å². The number of carbonyl (C=O) groups is 1. The van der Waals surface area contributed by atoms with Crippen molar-refractivity contribution in [3.63, 3.8) is 0 Å². The number of nitrogens with one attached hydrogen (secondary N) is 1. The highest BCUT2D eigenvalue weighted by molar-refractivity contribution is 6.31. The third kappa shape index (κ3) is 6.42. The molecule has 0 bridgehead atoms. The summed E-state index contributed by atoms with van der Waals surface area (Å²) in [4.78, 5) is 12.8. The number of benzene rings is 5. The zero-order valence-corrected chi connectivity index (χ0v) is 22.6. The van der Waals surface area contributed by atoms with Crippen molar-refractivity contribution in [1.82, 2.24) is 5.43 Å². The second-order valence-corrected chi connectivity index (χ2v) is 9.32. The van der Waals surface area contributed by atoms with Gasteiger partial charge in [-0.25, -0.2) is 5.43 Å². The van der Waals surface area contributed by atoms with Crippen LogP contribution in [0, 0.1) is 0 Å². The predicted octanol–water partition coefficient (Wildman–Crippen LogP) is 7.42. The Labute approximate surface area is 237 Å². The Morgan fingerprint density at radius 2 is 1.48 bits per heavy atom. The van der Waals surface area contributed by atoms with Gasteiger partial charge in [0.15, 0.2) is 11.5 Å². The molecule has 5 aromatic carbocycles. The third-order valence-corrected chi connectivity index (χ3v) is 6.67. The minimum absolute atomic E-state index is 0.238. The molecule has 5 rings (SSSR count). The minimum atomic E-state index is -0.395. The maximum atomic E-state index is 12.8. The number of hydrogen-bond donors (Lipinski definition) is 1. The lowest BCUT2D eigenvalue weighted by molar-refractivity contribution is 0.0950. The number of rotatable bonds is 10. The SMILES string of the molecule is COc1cc(/C=N/NC(=O)c2ccccc2OCc2ccccc2Cl)ccc1OCc1cccc2ccccc12. The van der Waals surface area contributed by atoms with Gasteiger partial charge in [-0.05, 0) is 58.3 Å². The Kier molecular flexibility index (Phi) is 8.59. The average molecular weight is 551 g/mol. The fourth-order valence-corrected chi connectivity index (χ4v) is 4.42. The van der Waals surface area contributed by atoms with E-state index in [0.717, 1.165) is 22.1 Å². The number of hydrazone groups is 1. The van der Waals surface area contributed by atoms with E-state index in [9.17, 15) is 4.79 Å². The van der Waals surface area contributed by atoms with Gasteiger partial charge >= 0.3 is 0 Å². The summed E-state index contributed by atoms with van der Waals surface area (Å²) >= 11 is 6.22. The van der Waals surface area contributed by atoms with Gasteiger partial charge in [0.05, 0.1) is 18.9 Å². The lowest BCUT2D eigenvalue weighted by Crippen LogP contribution is -2.18. The molecule has 40 heavy (non-hydrogen) atoms. The first-order valence-electron chi connectivity index (χ1n) is 12.7. The zero-order valence-electron chi connectivity index (χ0n) is 21.8. The molecule has 0 aromatic heterocycles. The number of para-hydroxylation sites is 1. The average Bonchev–Trinajstić information content (AvgIpc) is 3.00. The van der Waals surface area contributed by atoms with Crippen LogP contribution >= 0.6 is 11.6 Å². The second kappa shape index (κ2) is 12.8. The van der Waals surface area contributed by atoms with Crippen LogP contribution in [0.2, 0.25) is 5.02 Å². The number of halogens is 1. The summed E-state index contributed by atoms with van der Waals surface area (Å²) in [6.07, 6.45) is 1.54. The lowest BCUT2D eigenvalue weighted by Gasteiger charge is -2.13. The maximum absolute atomic E-state index is 12.8. The van der Waals surface area contributed by atoms with E-state index >= 15 is 0 Å². The molecule has 0 saturated heterocycles. The summed E-state index contributed by atoms with van der Waals surface area (Å²) in [7, 11) is 1.59. The molecule has 0 aliphatic rings. The molecular weight excluding hydrogens is 524 g/mol. The minimum Gasteiger partial charge on any atom is -0.493 e. The topological polar surface area (TPSA) is 69.2 Å². The molecular formula is C33H27ClN2O4. The molecule has 0 saturated carbocycles. The number of fused-ring (bicyclic) bond motifs is 1. The van der Waals surface area contributed by atoms with E-state index in [4.69, 9.17) is 25.8 Å². The molecule has 0 radical (unpaired) electrons. The summed E-state index contributed by atoms with van der Waals surface area (Å²) in [5.41, 5.74) is 5.58. The number of hydrogen-bond acceptors (Lipinski definition) is 5. The van der Waals surface area contributed by atoms with Gasteiger partial charge in [-0.15, -0.1) is 0 Å². The molecule has 0 aliphatic carbocycles. The molecule has 200 valence electrons. The normalized spacial score (nSPS) is 10.9. The van der Waals surface area contributed by atoms with Crippen LogP contribution in [0.5, 0.6) is 17.2 Å². The molecule has 6 nitrogen and oxygen atoms in total. The van der Waals surface area contributed by atoms with Gasteiger partial charge in [0.1, 0.15) is 19.0 Å². The van der Waals surface area contributed by atoms with Gasteiger partial charge in [0.2, 0.25) is 0 Å². The molecule has 7 heteroatoms. The second-order valence-electron chi connectivity index (χ2n) is 8.91. The number of methoxy groups -OCH3 is 1. The standard InChI is InChI=1S/C33H27ClN2O4/c1-38-32-19-23(17-18-31(32)40-21-25-12-8-11-24-9-2-4-13-27(24)25)20-35-36-33(37)28-14-5-7-16-30(28)39-22-26-10-3-6-15-29(26)34/h2-20H,21-22H2,1H3,(H,36,37)/b35-20+. The molecule has 0 atom stereocenters. The van der Waals surface area contributed by atoms with Gasteiger partial charge in [0.25, 0.3) is 5.91 Å². The van der Waals surface area contributed by atoms with Crippen LogP contribution in [-0.2, 0) is 13.2 Å². The first-order chi connectivity index (χ1) is 19.6. The van der Waals surface area contributed by atoms with Crippen LogP contribution < -0.4 is 19.6 Å². The first kappa shape index (κ1) is 26.8. The maximum Gasteiger partial charge on any atom is 0.275 e. The molecule has 5 aromatic rings. The Morgan fingerprint density at radius 1 is 0.775 bits per heavy atom.